The first kappa shape index (κ1) is 11.5. The molecule has 1 atom stereocenters. The fraction of sp³-hybridized carbons (Fsp3) is 0.900. The average Bonchev–Trinajstić information content (AvgIpc) is 2.08. The molecule has 4 N–H and O–H groups in total. The Kier molecular flexibility index (Phi) is 3.50. The largest absolute Gasteiger partial charge is 0.390 e. The first-order valence-corrected chi connectivity index (χ1v) is 5.19. The van der Waals surface area contributed by atoms with Gasteiger partial charge in [-0.05, 0) is 19.8 Å². The van der Waals surface area contributed by atoms with Crippen molar-refractivity contribution in [2.45, 2.75) is 32.3 Å². The van der Waals surface area contributed by atoms with E-state index in [1.54, 1.807) is 0 Å². The van der Waals surface area contributed by atoms with Crippen molar-refractivity contribution in [3.05, 3.63) is 0 Å². The third-order valence-electron chi connectivity index (χ3n) is 3.00. The van der Waals surface area contributed by atoms with Gasteiger partial charge in [-0.3, -0.25) is 5.41 Å². The van der Waals surface area contributed by atoms with E-state index in [9.17, 15) is 5.11 Å². The molecule has 1 aliphatic rings. The van der Waals surface area contributed by atoms with Crippen molar-refractivity contribution in [2.24, 2.45) is 11.7 Å². The van der Waals surface area contributed by atoms with Gasteiger partial charge in [0.15, 0.2) is 0 Å². The van der Waals surface area contributed by atoms with Gasteiger partial charge in [-0.15, -0.1) is 0 Å². The van der Waals surface area contributed by atoms with E-state index in [2.05, 4.69) is 4.90 Å². The number of nitrogens with one attached hydrogen (secondary N) is 1. The van der Waals surface area contributed by atoms with Gasteiger partial charge < -0.3 is 15.7 Å². The third kappa shape index (κ3) is 3.27. The first-order chi connectivity index (χ1) is 6.41. The number of nitrogens with zero attached hydrogens (tertiary/aromatic N) is 1. The Morgan fingerprint density at radius 1 is 1.57 bits per heavy atom. The second-order valence-corrected chi connectivity index (χ2v) is 4.65. The van der Waals surface area contributed by atoms with Crippen LogP contribution in [0.4, 0.5) is 0 Å². The standard InChI is InChI=1S/C10H21N3O/c1-8(9(11)12)7-13-5-3-10(2,14)4-6-13/h8,14H,3-7H2,1-2H3,(H3,11,12). The minimum atomic E-state index is -0.490. The van der Waals surface area contributed by atoms with Crippen molar-refractivity contribution in [3.63, 3.8) is 0 Å². The van der Waals surface area contributed by atoms with Crippen molar-refractivity contribution in [2.75, 3.05) is 19.6 Å². The van der Waals surface area contributed by atoms with Crippen LogP contribution in [-0.2, 0) is 0 Å². The molecule has 1 rings (SSSR count). The Bertz CT molecular complexity index is 205. The van der Waals surface area contributed by atoms with E-state index in [0.29, 0.717) is 0 Å². The van der Waals surface area contributed by atoms with E-state index >= 15 is 0 Å². The Morgan fingerprint density at radius 3 is 2.50 bits per heavy atom. The van der Waals surface area contributed by atoms with Crippen molar-refractivity contribution < 1.29 is 5.11 Å². The summed E-state index contributed by atoms with van der Waals surface area (Å²) in [5.74, 6) is 0.375. The molecule has 4 nitrogen and oxygen atoms in total. The van der Waals surface area contributed by atoms with E-state index in [1.165, 1.54) is 0 Å². The molecular formula is C10H21N3O. The summed E-state index contributed by atoms with van der Waals surface area (Å²) in [6.07, 6.45) is 1.63. The van der Waals surface area contributed by atoms with Crippen LogP contribution in [0, 0.1) is 11.3 Å². The highest BCUT2D eigenvalue weighted by Crippen LogP contribution is 2.21. The average molecular weight is 199 g/mol. The molecule has 0 aromatic carbocycles. The summed E-state index contributed by atoms with van der Waals surface area (Å²) in [5.41, 5.74) is 4.92. The number of amidine groups is 1. The molecule has 0 aliphatic carbocycles. The summed E-state index contributed by atoms with van der Waals surface area (Å²) < 4.78 is 0. The number of piperidine rings is 1. The predicted molar refractivity (Wildman–Crippen MR) is 57.4 cm³/mol. The van der Waals surface area contributed by atoms with Gasteiger partial charge in [-0.25, -0.2) is 0 Å². The van der Waals surface area contributed by atoms with E-state index in [1.807, 2.05) is 13.8 Å². The van der Waals surface area contributed by atoms with Gasteiger partial charge >= 0.3 is 0 Å². The second kappa shape index (κ2) is 4.28. The van der Waals surface area contributed by atoms with Crippen molar-refractivity contribution in [1.82, 2.24) is 4.90 Å². The molecule has 0 saturated carbocycles. The molecule has 1 heterocycles. The first-order valence-electron chi connectivity index (χ1n) is 5.19. The summed E-state index contributed by atoms with van der Waals surface area (Å²) >= 11 is 0. The number of hydrogen-bond acceptors (Lipinski definition) is 3. The molecule has 4 heteroatoms. The lowest BCUT2D eigenvalue weighted by molar-refractivity contribution is -0.00657. The molecule has 0 aromatic heterocycles. The summed E-state index contributed by atoms with van der Waals surface area (Å²) in [4.78, 5) is 2.27. The highest BCUT2D eigenvalue weighted by atomic mass is 16.3. The highest BCUT2D eigenvalue weighted by Gasteiger charge is 2.27. The van der Waals surface area contributed by atoms with Gasteiger partial charge in [0.1, 0.15) is 0 Å². The molecule has 1 unspecified atom stereocenters. The van der Waals surface area contributed by atoms with Crippen LogP contribution in [0.15, 0.2) is 0 Å². The Morgan fingerprint density at radius 2 is 2.07 bits per heavy atom. The van der Waals surface area contributed by atoms with Gasteiger partial charge in [0.2, 0.25) is 0 Å². The summed E-state index contributed by atoms with van der Waals surface area (Å²) in [6, 6.07) is 0. The number of aliphatic hydroxyl groups is 1. The van der Waals surface area contributed by atoms with Gasteiger partial charge in [0, 0.05) is 25.6 Å². The lowest BCUT2D eigenvalue weighted by Gasteiger charge is -2.36. The molecule has 0 spiro atoms. The predicted octanol–water partition coefficient (Wildman–Crippen LogP) is 0.405. The quantitative estimate of drug-likeness (QED) is 0.455. The van der Waals surface area contributed by atoms with E-state index in [4.69, 9.17) is 11.1 Å². The van der Waals surface area contributed by atoms with Crippen LogP contribution in [0.1, 0.15) is 26.7 Å². The lowest BCUT2D eigenvalue weighted by Crippen LogP contribution is -2.45. The summed E-state index contributed by atoms with van der Waals surface area (Å²) in [5, 5.41) is 17.0. The minimum Gasteiger partial charge on any atom is -0.390 e. The maximum absolute atomic E-state index is 9.74. The Labute approximate surface area is 85.6 Å². The zero-order valence-corrected chi connectivity index (χ0v) is 9.08. The third-order valence-corrected chi connectivity index (χ3v) is 3.00. The SMILES string of the molecule is CC(CN1CCC(C)(O)CC1)C(=N)N. The summed E-state index contributed by atoms with van der Waals surface area (Å²) in [7, 11) is 0. The van der Waals surface area contributed by atoms with Crippen molar-refractivity contribution in [1.29, 1.82) is 5.41 Å². The van der Waals surface area contributed by atoms with Crippen LogP contribution < -0.4 is 5.73 Å². The second-order valence-electron chi connectivity index (χ2n) is 4.65. The zero-order chi connectivity index (χ0) is 10.8. The molecular weight excluding hydrogens is 178 g/mol. The fourth-order valence-corrected chi connectivity index (χ4v) is 1.70. The maximum Gasteiger partial charge on any atom is 0.0947 e. The zero-order valence-electron chi connectivity index (χ0n) is 9.08. The number of likely N-dealkylation sites (tertiary alicyclic amines) is 1. The monoisotopic (exact) mass is 199 g/mol. The molecule has 82 valence electrons. The van der Waals surface area contributed by atoms with E-state index in [-0.39, 0.29) is 11.8 Å². The Hall–Kier alpha value is -0.610. The van der Waals surface area contributed by atoms with Crippen LogP contribution in [0.3, 0.4) is 0 Å². The van der Waals surface area contributed by atoms with E-state index in [0.717, 1.165) is 32.5 Å². The van der Waals surface area contributed by atoms with Crippen LogP contribution >= 0.6 is 0 Å². The fourth-order valence-electron chi connectivity index (χ4n) is 1.70. The lowest BCUT2D eigenvalue weighted by atomic mass is 9.93. The van der Waals surface area contributed by atoms with Gasteiger partial charge in [-0.1, -0.05) is 6.92 Å². The van der Waals surface area contributed by atoms with Gasteiger partial charge in [0.25, 0.3) is 0 Å². The number of nitrogens with two attached hydrogens (primary N) is 1. The topological polar surface area (TPSA) is 73.3 Å². The number of hydrogen-bond donors (Lipinski definition) is 3. The van der Waals surface area contributed by atoms with Crippen LogP contribution in [0.25, 0.3) is 0 Å². The molecule has 0 amide bonds. The molecule has 0 radical (unpaired) electrons. The smallest absolute Gasteiger partial charge is 0.0947 e. The van der Waals surface area contributed by atoms with Crippen LogP contribution in [0.2, 0.25) is 0 Å². The van der Waals surface area contributed by atoms with Crippen LogP contribution in [-0.4, -0.2) is 41.1 Å². The van der Waals surface area contributed by atoms with Gasteiger partial charge in [0.05, 0.1) is 11.4 Å². The highest BCUT2D eigenvalue weighted by molar-refractivity contribution is 5.79. The number of rotatable bonds is 3. The molecule has 1 saturated heterocycles. The summed E-state index contributed by atoms with van der Waals surface area (Å²) in [6.45, 7) is 6.51. The molecule has 1 fully saturated rings. The van der Waals surface area contributed by atoms with Gasteiger partial charge in [-0.2, -0.15) is 0 Å². The van der Waals surface area contributed by atoms with Crippen LogP contribution in [0.5, 0.6) is 0 Å². The minimum absolute atomic E-state index is 0.123. The maximum atomic E-state index is 9.74. The normalized spacial score (nSPS) is 24.5. The molecule has 14 heavy (non-hydrogen) atoms. The molecule has 0 aromatic rings. The van der Waals surface area contributed by atoms with Crippen molar-refractivity contribution in [3.8, 4) is 0 Å². The molecule has 1 aliphatic heterocycles. The van der Waals surface area contributed by atoms with E-state index < -0.39 is 5.60 Å². The molecule has 0 bridgehead atoms. The Balaban J connectivity index is 2.32. The van der Waals surface area contributed by atoms with Crippen molar-refractivity contribution >= 4 is 5.84 Å².